The fourth-order valence-electron chi connectivity index (χ4n) is 16.2. The van der Waals surface area contributed by atoms with Crippen LogP contribution in [0.5, 0.6) is 0 Å². The van der Waals surface area contributed by atoms with E-state index in [4.69, 9.17) is 37.9 Å². The van der Waals surface area contributed by atoms with E-state index in [1.807, 2.05) is 6.92 Å². The predicted molar refractivity (Wildman–Crippen MR) is 259 cm³/mol. The number of hydrogen-bond acceptors (Lipinski definition) is 23. The summed E-state index contributed by atoms with van der Waals surface area (Å²) in [6.07, 6.45) is -28.3. The first kappa shape index (κ1) is 59.5. The van der Waals surface area contributed by atoms with E-state index in [2.05, 4.69) is 33.8 Å². The molecular weight excluding hydrogens is 1020 g/mol. The molecule has 29 atom stereocenters. The summed E-state index contributed by atoms with van der Waals surface area (Å²) in [5, 5.41) is 152. The van der Waals surface area contributed by atoms with Gasteiger partial charge in [0.15, 0.2) is 25.0 Å². The first-order chi connectivity index (χ1) is 36.0. The summed E-state index contributed by atoms with van der Waals surface area (Å²) < 4.78 is 47.5. The Balaban J connectivity index is 0.994. The second-order valence-corrected chi connectivity index (χ2v) is 25.7. The van der Waals surface area contributed by atoms with Gasteiger partial charge in [0, 0.05) is 0 Å². The van der Waals surface area contributed by atoms with E-state index in [1.54, 1.807) is 0 Å². The van der Waals surface area contributed by atoms with Crippen LogP contribution in [0.2, 0.25) is 0 Å². The maximum absolute atomic E-state index is 15.2. The maximum atomic E-state index is 15.2. The molecule has 0 bridgehead atoms. The van der Waals surface area contributed by atoms with Crippen LogP contribution in [-0.4, -0.2) is 232 Å². The van der Waals surface area contributed by atoms with Crippen LogP contribution in [0.15, 0.2) is 11.6 Å². The third kappa shape index (κ3) is 9.46. The number of ether oxygens (including phenoxy) is 8. The van der Waals surface area contributed by atoms with Gasteiger partial charge in [-0.05, 0) is 111 Å². The highest BCUT2D eigenvalue weighted by atomic mass is 16.8. The van der Waals surface area contributed by atoms with Crippen molar-refractivity contribution in [3.05, 3.63) is 11.6 Å². The lowest BCUT2D eigenvalue weighted by Gasteiger charge is -2.71. The number of aliphatic carboxylic acids is 1. The standard InChI is InChI=1S/C53H84O24/c1-21-30(58)34(62)37(65)42(71-21)74-39-31(59)25(57)20-70-44(39)77-47(69)53-14-12-48(2,3)16-23(53)22-8-9-28-49(4)17-24(56)41(52(7,46(67)68)29(49)10-11-51(28,6)50(22,5)13-15-53)76-45-40(36(64)33(61)27(19-55)73-45)75-43-38(66)35(63)32(60)26(18-54)72-43/h8,21,23-45,54-66H,9-20H2,1-7H3,(H,67,68). The molecule has 4 saturated carbocycles. The largest absolute Gasteiger partial charge is 0.481 e. The van der Waals surface area contributed by atoms with Gasteiger partial charge < -0.3 is 109 Å². The molecular formula is C53H84O24. The lowest BCUT2D eigenvalue weighted by molar-refractivity contribution is -0.382. The highest BCUT2D eigenvalue weighted by Crippen LogP contribution is 2.76. The smallest absolute Gasteiger partial charge is 0.315 e. The molecule has 9 rings (SSSR count). The summed E-state index contributed by atoms with van der Waals surface area (Å²) >= 11 is 0. The van der Waals surface area contributed by atoms with Gasteiger partial charge in [-0.25, -0.2) is 0 Å². The van der Waals surface area contributed by atoms with Crippen LogP contribution in [0.3, 0.4) is 0 Å². The third-order valence-electron chi connectivity index (χ3n) is 21.1. The van der Waals surface area contributed by atoms with E-state index in [-0.39, 0.29) is 23.7 Å². The zero-order valence-corrected chi connectivity index (χ0v) is 44.8. The zero-order chi connectivity index (χ0) is 56.4. The number of aliphatic hydroxyl groups excluding tert-OH is 13. The van der Waals surface area contributed by atoms with Gasteiger partial charge in [0.1, 0.15) is 85.5 Å². The number of rotatable bonds is 11. The number of fused-ring (bicyclic) bond motifs is 7. The van der Waals surface area contributed by atoms with Gasteiger partial charge in [-0.3, -0.25) is 9.59 Å². The minimum absolute atomic E-state index is 0.0452. The molecule has 9 aliphatic rings. The van der Waals surface area contributed by atoms with Crippen LogP contribution < -0.4 is 0 Å². The molecule has 5 aliphatic carbocycles. The Morgan fingerprint density at radius 2 is 1.18 bits per heavy atom. The summed E-state index contributed by atoms with van der Waals surface area (Å²) in [4.78, 5) is 29.2. The number of carbonyl (C=O) groups excluding carboxylic acids is 1. The minimum Gasteiger partial charge on any atom is -0.481 e. The highest BCUT2D eigenvalue weighted by molar-refractivity contribution is 5.79. The summed E-state index contributed by atoms with van der Waals surface area (Å²) in [7, 11) is 0. The first-order valence-electron chi connectivity index (χ1n) is 27.4. The van der Waals surface area contributed by atoms with E-state index in [9.17, 15) is 76.3 Å². The molecule has 24 heteroatoms. The summed E-state index contributed by atoms with van der Waals surface area (Å²) in [5.41, 5.74) is -4.02. The maximum Gasteiger partial charge on any atom is 0.315 e. The Morgan fingerprint density at radius 1 is 0.610 bits per heavy atom. The average Bonchev–Trinajstić information content (AvgIpc) is 3.58. The third-order valence-corrected chi connectivity index (χ3v) is 21.1. The van der Waals surface area contributed by atoms with Crippen LogP contribution in [0, 0.1) is 50.2 Å². The second kappa shape index (κ2) is 21.3. The first-order valence-corrected chi connectivity index (χ1v) is 27.4. The molecule has 4 aliphatic heterocycles. The lowest BCUT2D eigenvalue weighted by Crippen LogP contribution is -2.70. The lowest BCUT2D eigenvalue weighted by atomic mass is 9.33. The molecule has 0 aromatic rings. The van der Waals surface area contributed by atoms with Crippen molar-refractivity contribution in [1.29, 1.82) is 0 Å². The molecule has 29 unspecified atom stereocenters. The number of carboxylic acid groups (broad SMARTS) is 1. The molecule has 14 N–H and O–H groups in total. The van der Waals surface area contributed by atoms with Crippen molar-refractivity contribution >= 4 is 11.9 Å². The molecule has 0 amide bonds. The van der Waals surface area contributed by atoms with Crippen molar-refractivity contribution in [2.24, 2.45) is 50.2 Å². The number of carboxylic acids is 1. The van der Waals surface area contributed by atoms with Gasteiger partial charge in [-0.2, -0.15) is 0 Å². The molecule has 440 valence electrons. The monoisotopic (exact) mass is 1100 g/mol. The topological polar surface area (TPSA) is 391 Å². The van der Waals surface area contributed by atoms with Crippen molar-refractivity contribution in [3.63, 3.8) is 0 Å². The molecule has 4 heterocycles. The highest BCUT2D eigenvalue weighted by Gasteiger charge is 2.73. The SMILES string of the molecule is CC1OC(OC2C(OC(=O)C34CCC(C)(C)CC3C3=CCC5C6(C)CC(O)C(OC7OC(CO)C(O)C(O)C7OC7OC(CO)C(O)C(O)C7O)C(C)(C(=O)O)C6CCC5(C)C3(C)CC4)OCC(O)C2O)C(O)C(O)C1O. The van der Waals surface area contributed by atoms with Crippen molar-refractivity contribution in [1.82, 2.24) is 0 Å². The minimum atomic E-state index is -1.95. The molecule has 77 heavy (non-hydrogen) atoms. The van der Waals surface area contributed by atoms with E-state index in [0.29, 0.717) is 51.4 Å². The molecule has 8 fully saturated rings. The Morgan fingerprint density at radius 3 is 1.81 bits per heavy atom. The predicted octanol–water partition coefficient (Wildman–Crippen LogP) is -2.33. The zero-order valence-electron chi connectivity index (χ0n) is 44.8. The Labute approximate surface area is 446 Å². The van der Waals surface area contributed by atoms with Crippen LogP contribution >= 0.6 is 0 Å². The molecule has 0 aromatic carbocycles. The van der Waals surface area contributed by atoms with Crippen molar-refractivity contribution in [2.75, 3.05) is 19.8 Å². The number of esters is 1. The number of carbonyl (C=O) groups is 2. The van der Waals surface area contributed by atoms with E-state index in [0.717, 1.165) is 5.57 Å². The average molecular weight is 1110 g/mol. The van der Waals surface area contributed by atoms with Gasteiger partial charge in [-0.1, -0.05) is 46.3 Å². The normalized spacial score (nSPS) is 54.6. The van der Waals surface area contributed by atoms with Crippen molar-refractivity contribution < 1.29 is 119 Å². The molecule has 0 aromatic heterocycles. The van der Waals surface area contributed by atoms with E-state index in [1.165, 1.54) is 13.8 Å². The quantitative estimate of drug-likeness (QED) is 0.0586. The Bertz CT molecular complexity index is 2180. The Kier molecular flexibility index (Phi) is 16.4. The summed E-state index contributed by atoms with van der Waals surface area (Å²) in [5.74, 6) is -3.11. The number of hydrogen-bond donors (Lipinski definition) is 14. The van der Waals surface area contributed by atoms with E-state index >= 15 is 4.79 Å². The molecule has 0 spiro atoms. The molecule has 0 radical (unpaired) electrons. The summed E-state index contributed by atoms with van der Waals surface area (Å²) in [6.45, 7) is 11.7. The van der Waals surface area contributed by atoms with Crippen molar-refractivity contribution in [3.8, 4) is 0 Å². The van der Waals surface area contributed by atoms with Crippen molar-refractivity contribution in [2.45, 2.75) is 235 Å². The van der Waals surface area contributed by atoms with Gasteiger partial charge in [-0.15, -0.1) is 0 Å². The molecule has 4 saturated heterocycles. The van der Waals surface area contributed by atoms with E-state index < -0.39 is 194 Å². The Hall–Kier alpha value is -2.12. The van der Waals surface area contributed by atoms with Crippen LogP contribution in [0.4, 0.5) is 0 Å². The summed E-state index contributed by atoms with van der Waals surface area (Å²) in [6, 6.07) is 0. The fraction of sp³-hybridized carbons (Fsp3) is 0.925. The van der Waals surface area contributed by atoms with Crippen LogP contribution in [0.25, 0.3) is 0 Å². The van der Waals surface area contributed by atoms with Crippen LogP contribution in [0.1, 0.15) is 106 Å². The van der Waals surface area contributed by atoms with Gasteiger partial charge in [0.25, 0.3) is 0 Å². The number of aliphatic hydroxyl groups is 13. The second-order valence-electron chi connectivity index (χ2n) is 25.7. The molecule has 24 nitrogen and oxygen atoms in total. The van der Waals surface area contributed by atoms with Gasteiger partial charge in [0.05, 0.1) is 42.9 Å². The van der Waals surface area contributed by atoms with Gasteiger partial charge >= 0.3 is 11.9 Å². The van der Waals surface area contributed by atoms with Crippen LogP contribution in [-0.2, 0) is 47.5 Å². The fourth-order valence-corrected chi connectivity index (χ4v) is 16.2. The number of allylic oxidation sites excluding steroid dienone is 2. The van der Waals surface area contributed by atoms with Gasteiger partial charge in [0.2, 0.25) is 6.29 Å².